The van der Waals surface area contributed by atoms with Crippen LogP contribution in [0.1, 0.15) is 11.1 Å². The second-order valence-electron chi connectivity index (χ2n) is 6.77. The molecule has 1 heterocycles. The zero-order valence-corrected chi connectivity index (χ0v) is 16.4. The number of nitrogens with one attached hydrogen (secondary N) is 1. The van der Waals surface area contributed by atoms with Crippen molar-refractivity contribution >= 4 is 21.2 Å². The molecule has 2 aromatic carbocycles. The molecule has 0 unspecified atom stereocenters. The number of ether oxygens (including phenoxy) is 1. The molecule has 1 aliphatic rings. The standard InChI is InChI=1S/C19H23N3O5S/c1-28(25,26)17-6-7-18(19(12-17)22(23)24)20-13-15-2-4-16(5-3-15)14-21-8-10-27-11-9-21/h2-7,12,20H,8-11,13-14H2,1H3. The number of benzene rings is 2. The Morgan fingerprint density at radius 1 is 1.11 bits per heavy atom. The van der Waals surface area contributed by atoms with E-state index in [2.05, 4.69) is 10.2 Å². The Morgan fingerprint density at radius 2 is 1.75 bits per heavy atom. The third-order valence-electron chi connectivity index (χ3n) is 4.61. The first-order chi connectivity index (χ1) is 13.3. The van der Waals surface area contributed by atoms with Crippen LogP contribution in [-0.2, 0) is 27.7 Å². The lowest BCUT2D eigenvalue weighted by Gasteiger charge is -2.26. The van der Waals surface area contributed by atoms with Crippen LogP contribution in [0.25, 0.3) is 0 Å². The van der Waals surface area contributed by atoms with Gasteiger partial charge in [0.2, 0.25) is 0 Å². The van der Waals surface area contributed by atoms with E-state index in [9.17, 15) is 18.5 Å². The summed E-state index contributed by atoms with van der Waals surface area (Å²) >= 11 is 0. The van der Waals surface area contributed by atoms with Gasteiger partial charge in [-0.25, -0.2) is 8.42 Å². The first-order valence-corrected chi connectivity index (χ1v) is 10.8. The van der Waals surface area contributed by atoms with E-state index in [1.807, 2.05) is 24.3 Å². The van der Waals surface area contributed by atoms with Gasteiger partial charge in [0.15, 0.2) is 9.84 Å². The molecule has 0 radical (unpaired) electrons. The van der Waals surface area contributed by atoms with E-state index in [0.29, 0.717) is 6.54 Å². The van der Waals surface area contributed by atoms with Gasteiger partial charge in [-0.05, 0) is 23.3 Å². The summed E-state index contributed by atoms with van der Waals surface area (Å²) in [5.41, 5.74) is 2.21. The SMILES string of the molecule is CS(=O)(=O)c1ccc(NCc2ccc(CN3CCOCC3)cc2)c([N+](=O)[O-])c1. The second kappa shape index (κ2) is 8.68. The molecule has 9 heteroatoms. The van der Waals surface area contributed by atoms with Gasteiger partial charge in [0.25, 0.3) is 5.69 Å². The highest BCUT2D eigenvalue weighted by molar-refractivity contribution is 7.90. The average Bonchev–Trinajstić information content (AvgIpc) is 2.67. The van der Waals surface area contributed by atoms with Crippen molar-refractivity contribution in [2.75, 3.05) is 37.9 Å². The minimum absolute atomic E-state index is 0.0720. The first kappa shape index (κ1) is 20.2. The van der Waals surface area contributed by atoms with Crippen molar-refractivity contribution in [2.45, 2.75) is 18.0 Å². The van der Waals surface area contributed by atoms with Crippen molar-refractivity contribution in [3.63, 3.8) is 0 Å². The fourth-order valence-corrected chi connectivity index (χ4v) is 3.66. The average molecular weight is 405 g/mol. The third-order valence-corrected chi connectivity index (χ3v) is 5.72. The number of nitro benzene ring substituents is 1. The van der Waals surface area contributed by atoms with Gasteiger partial charge in [0, 0.05) is 38.5 Å². The molecular weight excluding hydrogens is 382 g/mol. The van der Waals surface area contributed by atoms with E-state index in [4.69, 9.17) is 4.74 Å². The Balaban J connectivity index is 1.65. The third kappa shape index (κ3) is 5.28. The zero-order chi connectivity index (χ0) is 20.1. The van der Waals surface area contributed by atoms with Gasteiger partial charge < -0.3 is 10.1 Å². The summed E-state index contributed by atoms with van der Waals surface area (Å²) in [6.45, 7) is 4.65. The summed E-state index contributed by atoms with van der Waals surface area (Å²) in [7, 11) is -3.50. The highest BCUT2D eigenvalue weighted by atomic mass is 32.2. The second-order valence-corrected chi connectivity index (χ2v) is 8.78. The minimum atomic E-state index is -3.50. The van der Waals surface area contributed by atoms with Gasteiger partial charge in [-0.2, -0.15) is 0 Å². The Morgan fingerprint density at radius 3 is 2.36 bits per heavy atom. The molecule has 0 spiro atoms. The Hall–Kier alpha value is -2.49. The predicted molar refractivity (Wildman–Crippen MR) is 106 cm³/mol. The highest BCUT2D eigenvalue weighted by Crippen LogP contribution is 2.28. The van der Waals surface area contributed by atoms with Crippen LogP contribution >= 0.6 is 0 Å². The molecule has 0 aromatic heterocycles. The zero-order valence-electron chi connectivity index (χ0n) is 15.6. The Bertz CT molecular complexity index is 939. The van der Waals surface area contributed by atoms with Gasteiger partial charge in [-0.3, -0.25) is 15.0 Å². The van der Waals surface area contributed by atoms with Crippen LogP contribution in [0.3, 0.4) is 0 Å². The van der Waals surface area contributed by atoms with E-state index in [1.54, 1.807) is 0 Å². The molecule has 1 fully saturated rings. The smallest absolute Gasteiger partial charge is 0.293 e. The number of morpholine rings is 1. The summed E-state index contributed by atoms with van der Waals surface area (Å²) in [4.78, 5) is 13.0. The first-order valence-electron chi connectivity index (χ1n) is 8.93. The molecule has 0 amide bonds. The van der Waals surface area contributed by atoms with Crippen LogP contribution in [0.15, 0.2) is 47.4 Å². The van der Waals surface area contributed by atoms with E-state index < -0.39 is 14.8 Å². The number of hydrogen-bond donors (Lipinski definition) is 1. The van der Waals surface area contributed by atoms with Gasteiger partial charge in [0.1, 0.15) is 5.69 Å². The monoisotopic (exact) mass is 405 g/mol. The number of nitro groups is 1. The van der Waals surface area contributed by atoms with E-state index >= 15 is 0 Å². The fraction of sp³-hybridized carbons (Fsp3) is 0.368. The largest absolute Gasteiger partial charge is 0.379 e. The quantitative estimate of drug-likeness (QED) is 0.557. The lowest BCUT2D eigenvalue weighted by molar-refractivity contribution is -0.384. The molecule has 3 rings (SSSR count). The minimum Gasteiger partial charge on any atom is -0.379 e. The topological polar surface area (TPSA) is 102 Å². The maximum absolute atomic E-state index is 11.6. The van der Waals surface area contributed by atoms with Crippen LogP contribution in [0.4, 0.5) is 11.4 Å². The number of anilines is 1. The van der Waals surface area contributed by atoms with Crippen molar-refractivity contribution in [2.24, 2.45) is 0 Å². The molecule has 0 bridgehead atoms. The molecule has 28 heavy (non-hydrogen) atoms. The highest BCUT2D eigenvalue weighted by Gasteiger charge is 2.18. The molecule has 0 atom stereocenters. The molecule has 1 saturated heterocycles. The van der Waals surface area contributed by atoms with Crippen molar-refractivity contribution in [1.82, 2.24) is 4.90 Å². The molecular formula is C19H23N3O5S. The van der Waals surface area contributed by atoms with Crippen molar-refractivity contribution < 1.29 is 18.1 Å². The van der Waals surface area contributed by atoms with Gasteiger partial charge in [0.05, 0.1) is 23.0 Å². The summed E-state index contributed by atoms with van der Waals surface area (Å²) < 4.78 is 28.6. The van der Waals surface area contributed by atoms with Crippen LogP contribution in [0, 0.1) is 10.1 Å². The molecule has 0 saturated carbocycles. The Kier molecular flexibility index (Phi) is 6.28. The van der Waals surface area contributed by atoms with Crippen LogP contribution in [0.5, 0.6) is 0 Å². The lowest BCUT2D eigenvalue weighted by Crippen LogP contribution is -2.35. The van der Waals surface area contributed by atoms with Gasteiger partial charge >= 0.3 is 0 Å². The maximum atomic E-state index is 11.6. The molecule has 2 aromatic rings. The number of nitrogens with zero attached hydrogens (tertiary/aromatic N) is 2. The number of hydrogen-bond acceptors (Lipinski definition) is 7. The Labute approximate surface area is 164 Å². The molecule has 150 valence electrons. The van der Waals surface area contributed by atoms with Crippen molar-refractivity contribution in [1.29, 1.82) is 0 Å². The summed E-state index contributed by atoms with van der Waals surface area (Å²) in [6, 6.07) is 12.0. The molecule has 1 aliphatic heterocycles. The van der Waals surface area contributed by atoms with E-state index in [0.717, 1.165) is 50.7 Å². The summed E-state index contributed by atoms with van der Waals surface area (Å²) in [5, 5.41) is 14.3. The molecule has 0 aliphatic carbocycles. The molecule has 8 nitrogen and oxygen atoms in total. The van der Waals surface area contributed by atoms with E-state index in [-0.39, 0.29) is 16.3 Å². The molecule has 1 N–H and O–H groups in total. The lowest BCUT2D eigenvalue weighted by atomic mass is 10.1. The van der Waals surface area contributed by atoms with E-state index in [1.165, 1.54) is 17.7 Å². The van der Waals surface area contributed by atoms with Crippen LogP contribution in [0.2, 0.25) is 0 Å². The van der Waals surface area contributed by atoms with Gasteiger partial charge in [-0.15, -0.1) is 0 Å². The fourth-order valence-electron chi connectivity index (χ4n) is 3.02. The van der Waals surface area contributed by atoms with Crippen LogP contribution < -0.4 is 5.32 Å². The summed E-state index contributed by atoms with van der Waals surface area (Å²) in [5.74, 6) is 0. The normalized spacial score (nSPS) is 15.3. The number of rotatable bonds is 7. The maximum Gasteiger partial charge on any atom is 0.293 e. The summed E-state index contributed by atoms with van der Waals surface area (Å²) in [6.07, 6.45) is 1.03. The van der Waals surface area contributed by atoms with Crippen molar-refractivity contribution in [3.8, 4) is 0 Å². The number of sulfone groups is 1. The predicted octanol–water partition coefficient (Wildman–Crippen LogP) is 2.44. The van der Waals surface area contributed by atoms with Gasteiger partial charge in [-0.1, -0.05) is 24.3 Å². The van der Waals surface area contributed by atoms with Crippen LogP contribution in [-0.4, -0.2) is 50.8 Å². The van der Waals surface area contributed by atoms with Crippen molar-refractivity contribution in [3.05, 3.63) is 63.7 Å².